The molecule has 8 heteroatoms. The molecular weight excluding hydrogens is 378 g/mol. The molecule has 1 atom stereocenters. The number of pyridine rings is 1. The smallest absolute Gasteiger partial charge is 0.166 e. The molecule has 8 nitrogen and oxygen atoms in total. The highest BCUT2D eigenvalue weighted by Gasteiger charge is 2.25. The van der Waals surface area contributed by atoms with Crippen LogP contribution in [0.5, 0.6) is 0 Å². The third-order valence-electron chi connectivity index (χ3n) is 5.66. The summed E-state index contributed by atoms with van der Waals surface area (Å²) in [6.45, 7) is 8.13. The van der Waals surface area contributed by atoms with Crippen molar-refractivity contribution >= 4 is 5.65 Å². The minimum atomic E-state index is 0.189. The molecule has 30 heavy (non-hydrogen) atoms. The van der Waals surface area contributed by atoms with Crippen LogP contribution in [0.1, 0.15) is 23.0 Å². The van der Waals surface area contributed by atoms with Gasteiger partial charge in [0, 0.05) is 55.8 Å². The van der Waals surface area contributed by atoms with Gasteiger partial charge in [-0.2, -0.15) is 5.10 Å². The van der Waals surface area contributed by atoms with Crippen LogP contribution in [0.15, 0.2) is 49.2 Å². The molecule has 0 bridgehead atoms. The molecule has 0 amide bonds. The summed E-state index contributed by atoms with van der Waals surface area (Å²) < 4.78 is 9.65. The highest BCUT2D eigenvalue weighted by atomic mass is 16.5. The van der Waals surface area contributed by atoms with E-state index in [2.05, 4.69) is 30.6 Å². The van der Waals surface area contributed by atoms with Gasteiger partial charge in [-0.1, -0.05) is 6.07 Å². The largest absolute Gasteiger partial charge is 0.379 e. The zero-order valence-corrected chi connectivity index (χ0v) is 17.3. The number of aryl methyl sites for hydroxylation is 2. The average molecular weight is 403 g/mol. The Morgan fingerprint density at radius 2 is 2.00 bits per heavy atom. The number of imidazole rings is 1. The van der Waals surface area contributed by atoms with E-state index in [1.54, 1.807) is 0 Å². The minimum Gasteiger partial charge on any atom is -0.379 e. The fourth-order valence-corrected chi connectivity index (χ4v) is 4.21. The maximum absolute atomic E-state index is 5.58. The fraction of sp³-hybridized carbons (Fsp3) is 0.364. The van der Waals surface area contributed by atoms with Gasteiger partial charge < -0.3 is 9.30 Å². The van der Waals surface area contributed by atoms with Crippen LogP contribution in [-0.2, 0) is 11.3 Å². The lowest BCUT2D eigenvalue weighted by Crippen LogP contribution is -2.40. The molecule has 0 radical (unpaired) electrons. The fourth-order valence-electron chi connectivity index (χ4n) is 4.21. The lowest BCUT2D eigenvalue weighted by atomic mass is 10.1. The van der Waals surface area contributed by atoms with Crippen molar-refractivity contribution in [1.29, 1.82) is 0 Å². The molecule has 5 rings (SSSR count). The number of rotatable bonds is 5. The molecule has 1 aliphatic heterocycles. The summed E-state index contributed by atoms with van der Waals surface area (Å²) in [5.41, 5.74) is 5.01. The summed E-state index contributed by atoms with van der Waals surface area (Å²) >= 11 is 0. The first-order valence-corrected chi connectivity index (χ1v) is 10.3. The molecular formula is C22H25N7O. The molecule has 4 aromatic heterocycles. The number of ether oxygens (including phenoxy) is 1. The first-order chi connectivity index (χ1) is 14.7. The maximum Gasteiger partial charge on any atom is 0.166 e. The van der Waals surface area contributed by atoms with E-state index in [1.165, 1.54) is 5.56 Å². The van der Waals surface area contributed by atoms with E-state index in [4.69, 9.17) is 9.72 Å². The molecule has 1 fully saturated rings. The van der Waals surface area contributed by atoms with Crippen LogP contribution in [0.3, 0.4) is 0 Å². The van der Waals surface area contributed by atoms with Crippen LogP contribution < -0.4 is 0 Å². The van der Waals surface area contributed by atoms with Crippen LogP contribution in [0.4, 0.5) is 0 Å². The highest BCUT2D eigenvalue weighted by molar-refractivity contribution is 5.72. The third kappa shape index (κ3) is 3.48. The normalized spacial score (nSPS) is 16.2. The number of fused-ring (bicyclic) bond motifs is 1. The van der Waals surface area contributed by atoms with Crippen molar-refractivity contribution in [3.8, 4) is 11.4 Å². The number of aromatic nitrogens is 6. The molecule has 1 aliphatic rings. The van der Waals surface area contributed by atoms with Crippen molar-refractivity contribution in [3.05, 3.63) is 66.1 Å². The lowest BCUT2D eigenvalue weighted by molar-refractivity contribution is 0.0123. The SMILES string of the molecule is Cc1cc(C)n2ncc(-c3nccn3CC(c3cccnc3)N3CCOCC3)c2n1. The van der Waals surface area contributed by atoms with Gasteiger partial charge >= 0.3 is 0 Å². The van der Waals surface area contributed by atoms with Crippen LogP contribution in [0.25, 0.3) is 17.0 Å². The van der Waals surface area contributed by atoms with Gasteiger partial charge in [0.1, 0.15) is 5.82 Å². The van der Waals surface area contributed by atoms with Crippen LogP contribution in [0.2, 0.25) is 0 Å². The van der Waals surface area contributed by atoms with Gasteiger partial charge in [-0.05, 0) is 31.5 Å². The second kappa shape index (κ2) is 7.97. The zero-order valence-electron chi connectivity index (χ0n) is 17.3. The molecule has 0 aromatic carbocycles. The predicted molar refractivity (Wildman–Crippen MR) is 113 cm³/mol. The molecule has 1 saturated heterocycles. The molecule has 154 valence electrons. The average Bonchev–Trinajstić information content (AvgIpc) is 3.40. The van der Waals surface area contributed by atoms with E-state index >= 15 is 0 Å². The van der Waals surface area contributed by atoms with Crippen LogP contribution >= 0.6 is 0 Å². The molecule has 0 N–H and O–H groups in total. The lowest BCUT2D eigenvalue weighted by Gasteiger charge is -2.35. The summed E-state index contributed by atoms with van der Waals surface area (Å²) in [4.78, 5) is 16.2. The van der Waals surface area contributed by atoms with Gasteiger partial charge in [0.05, 0.1) is 31.0 Å². The summed E-state index contributed by atoms with van der Waals surface area (Å²) in [6, 6.07) is 6.37. The molecule has 4 aromatic rings. The van der Waals surface area contributed by atoms with E-state index in [-0.39, 0.29) is 6.04 Å². The van der Waals surface area contributed by atoms with Gasteiger partial charge in [0.15, 0.2) is 5.65 Å². The number of nitrogens with zero attached hydrogens (tertiary/aromatic N) is 7. The molecule has 5 heterocycles. The zero-order chi connectivity index (χ0) is 20.5. The number of hydrogen-bond donors (Lipinski definition) is 0. The van der Waals surface area contributed by atoms with E-state index in [0.29, 0.717) is 0 Å². The Morgan fingerprint density at radius 1 is 1.13 bits per heavy atom. The van der Waals surface area contributed by atoms with E-state index < -0.39 is 0 Å². The molecule has 1 unspecified atom stereocenters. The summed E-state index contributed by atoms with van der Waals surface area (Å²) in [5.74, 6) is 0.879. The minimum absolute atomic E-state index is 0.189. The molecule has 0 saturated carbocycles. The molecule has 0 spiro atoms. The molecule has 0 aliphatic carbocycles. The van der Waals surface area contributed by atoms with Gasteiger partial charge in [0.2, 0.25) is 0 Å². The Balaban J connectivity index is 1.53. The number of hydrogen-bond acceptors (Lipinski definition) is 6. The van der Waals surface area contributed by atoms with Crippen LogP contribution in [0, 0.1) is 13.8 Å². The van der Waals surface area contributed by atoms with Crippen LogP contribution in [-0.4, -0.2) is 60.3 Å². The first kappa shape index (κ1) is 18.9. The van der Waals surface area contributed by atoms with Crippen molar-refractivity contribution in [2.75, 3.05) is 26.3 Å². The standard InChI is InChI=1S/C22H25N7O/c1-16-12-17(2)29-22(26-16)19(14-25-29)21-24-6-7-28(21)15-20(18-4-3-5-23-13-18)27-8-10-30-11-9-27/h3-7,12-14,20H,8-11,15H2,1-2H3. The Bertz CT molecular complexity index is 1140. The topological polar surface area (TPSA) is 73.4 Å². The van der Waals surface area contributed by atoms with E-state index in [0.717, 1.165) is 61.3 Å². The van der Waals surface area contributed by atoms with Crippen molar-refractivity contribution in [2.24, 2.45) is 0 Å². The van der Waals surface area contributed by atoms with Crippen molar-refractivity contribution in [3.63, 3.8) is 0 Å². The van der Waals surface area contributed by atoms with Gasteiger partial charge in [-0.25, -0.2) is 14.5 Å². The third-order valence-corrected chi connectivity index (χ3v) is 5.66. The highest BCUT2D eigenvalue weighted by Crippen LogP contribution is 2.28. The predicted octanol–water partition coefficient (Wildman–Crippen LogP) is 2.68. The van der Waals surface area contributed by atoms with Gasteiger partial charge in [-0.15, -0.1) is 0 Å². The first-order valence-electron chi connectivity index (χ1n) is 10.3. The second-order valence-corrected chi connectivity index (χ2v) is 7.69. The van der Waals surface area contributed by atoms with E-state index in [9.17, 15) is 0 Å². The van der Waals surface area contributed by atoms with E-state index in [1.807, 2.05) is 61.5 Å². The Kier molecular flexibility index (Phi) is 5.02. The second-order valence-electron chi connectivity index (χ2n) is 7.69. The summed E-state index contributed by atoms with van der Waals surface area (Å²) in [7, 11) is 0. The Morgan fingerprint density at radius 3 is 2.80 bits per heavy atom. The summed E-state index contributed by atoms with van der Waals surface area (Å²) in [6.07, 6.45) is 9.52. The number of morpholine rings is 1. The summed E-state index contributed by atoms with van der Waals surface area (Å²) in [5, 5.41) is 4.55. The van der Waals surface area contributed by atoms with Gasteiger partial charge in [-0.3, -0.25) is 9.88 Å². The Hall–Kier alpha value is -3.10. The quantitative estimate of drug-likeness (QED) is 0.510. The van der Waals surface area contributed by atoms with Gasteiger partial charge in [0.25, 0.3) is 0 Å². The monoisotopic (exact) mass is 403 g/mol. The van der Waals surface area contributed by atoms with Crippen molar-refractivity contribution < 1.29 is 4.74 Å². The van der Waals surface area contributed by atoms with Crippen molar-refractivity contribution in [1.82, 2.24) is 34.0 Å². The van der Waals surface area contributed by atoms with Crippen molar-refractivity contribution in [2.45, 2.75) is 26.4 Å². The Labute approximate surface area is 175 Å². The maximum atomic E-state index is 5.58.